The number of nitrogens with zero attached hydrogens (tertiary/aromatic N) is 3. The van der Waals surface area contributed by atoms with E-state index in [1.807, 2.05) is 35.0 Å². The number of rotatable bonds is 7. The summed E-state index contributed by atoms with van der Waals surface area (Å²) in [7, 11) is 1.64. The third-order valence-corrected chi connectivity index (χ3v) is 5.19. The number of carbonyl (C=O) groups is 2. The first-order chi connectivity index (χ1) is 12.4. The number of benzene rings is 1. The third kappa shape index (κ3) is 3.70. The van der Waals surface area contributed by atoms with E-state index >= 15 is 0 Å². The fraction of sp³-hybridized carbons (Fsp3) is 0.389. The highest BCUT2D eigenvalue weighted by Crippen LogP contribution is 2.24. The van der Waals surface area contributed by atoms with Gasteiger partial charge in [-0.2, -0.15) is 0 Å². The average Bonchev–Trinajstić information content (AvgIpc) is 3.16. The molecule has 0 unspecified atom stereocenters. The lowest BCUT2D eigenvalue weighted by Gasteiger charge is -2.15. The largest absolute Gasteiger partial charge is 0.497 e. The summed E-state index contributed by atoms with van der Waals surface area (Å²) in [4.78, 5) is 29.7. The van der Waals surface area contributed by atoms with Gasteiger partial charge in [0, 0.05) is 30.8 Å². The molecule has 1 aromatic heterocycles. The number of amides is 3. The van der Waals surface area contributed by atoms with Gasteiger partial charge in [-0.25, -0.2) is 9.78 Å². The van der Waals surface area contributed by atoms with E-state index in [-0.39, 0.29) is 11.9 Å². The van der Waals surface area contributed by atoms with Crippen LogP contribution in [-0.4, -0.2) is 51.3 Å². The van der Waals surface area contributed by atoms with Gasteiger partial charge in [-0.05, 0) is 32.4 Å². The van der Waals surface area contributed by atoms with Gasteiger partial charge in [-0.15, -0.1) is 0 Å². The Balaban J connectivity index is 1.58. The lowest BCUT2D eigenvalue weighted by atomic mass is 10.1. The van der Waals surface area contributed by atoms with Gasteiger partial charge in [0.1, 0.15) is 11.3 Å². The van der Waals surface area contributed by atoms with Gasteiger partial charge in [0.25, 0.3) is 5.91 Å². The number of ether oxygens (including phenoxy) is 1. The second-order valence-corrected chi connectivity index (χ2v) is 7.56. The Labute approximate surface area is 156 Å². The number of nitrogens with one attached hydrogen (secondary N) is 1. The number of imide groups is 1. The topological polar surface area (TPSA) is 76.5 Å². The number of imidazole rings is 1. The molecule has 1 aromatic carbocycles. The van der Waals surface area contributed by atoms with Crippen molar-refractivity contribution in [1.29, 1.82) is 0 Å². The Bertz CT molecular complexity index is 818. The molecule has 0 spiro atoms. The maximum absolute atomic E-state index is 12.2. The molecule has 26 heavy (non-hydrogen) atoms. The lowest BCUT2D eigenvalue weighted by Crippen LogP contribution is -2.40. The van der Waals surface area contributed by atoms with Crippen LogP contribution in [0.3, 0.4) is 0 Å². The van der Waals surface area contributed by atoms with Crippen molar-refractivity contribution >= 4 is 23.7 Å². The SMILES string of the molecule is COc1cccc(-n2ccnc2SCCCN2C(=O)NC(C)(C)C2=O)c1. The van der Waals surface area contributed by atoms with E-state index in [1.165, 1.54) is 4.90 Å². The smallest absolute Gasteiger partial charge is 0.325 e. The standard InChI is InChI=1S/C18H22N4O3S/c1-18(2)15(23)22(16(24)20-18)9-5-11-26-17-19-8-10-21(17)13-6-4-7-14(12-13)25-3/h4,6-8,10,12H,5,9,11H2,1-3H3,(H,20,24). The maximum atomic E-state index is 12.2. The van der Waals surface area contributed by atoms with Crippen molar-refractivity contribution in [2.45, 2.75) is 31.0 Å². The molecule has 1 saturated heterocycles. The van der Waals surface area contributed by atoms with Crippen LogP contribution in [0, 0.1) is 0 Å². The predicted octanol–water partition coefficient (Wildman–Crippen LogP) is 2.69. The molecule has 0 radical (unpaired) electrons. The molecular formula is C18H22N4O3S. The minimum absolute atomic E-state index is 0.176. The van der Waals surface area contributed by atoms with E-state index in [4.69, 9.17) is 4.74 Å². The highest BCUT2D eigenvalue weighted by atomic mass is 32.2. The van der Waals surface area contributed by atoms with E-state index in [1.54, 1.807) is 38.9 Å². The van der Waals surface area contributed by atoms with Crippen LogP contribution in [0.5, 0.6) is 5.75 Å². The molecule has 8 heteroatoms. The summed E-state index contributed by atoms with van der Waals surface area (Å²) < 4.78 is 7.26. The summed E-state index contributed by atoms with van der Waals surface area (Å²) in [5.41, 5.74) is 0.160. The second-order valence-electron chi connectivity index (χ2n) is 6.50. The van der Waals surface area contributed by atoms with Crippen molar-refractivity contribution in [2.24, 2.45) is 0 Å². The van der Waals surface area contributed by atoms with E-state index in [2.05, 4.69) is 10.3 Å². The quantitative estimate of drug-likeness (QED) is 0.458. The second kappa shape index (κ2) is 7.41. The molecule has 1 N–H and O–H groups in total. The first-order valence-electron chi connectivity index (χ1n) is 8.37. The predicted molar refractivity (Wildman–Crippen MR) is 99.8 cm³/mol. The highest BCUT2D eigenvalue weighted by Gasteiger charge is 2.43. The van der Waals surface area contributed by atoms with Crippen LogP contribution in [0.4, 0.5) is 4.79 Å². The molecule has 7 nitrogen and oxygen atoms in total. The van der Waals surface area contributed by atoms with Gasteiger partial charge in [0.2, 0.25) is 0 Å². The molecule has 2 aromatic rings. The minimum Gasteiger partial charge on any atom is -0.497 e. The van der Waals surface area contributed by atoms with E-state index in [9.17, 15) is 9.59 Å². The van der Waals surface area contributed by atoms with Crippen LogP contribution in [0.15, 0.2) is 41.8 Å². The fourth-order valence-corrected chi connectivity index (χ4v) is 3.66. The molecule has 3 rings (SSSR count). The van der Waals surface area contributed by atoms with Crippen molar-refractivity contribution in [3.8, 4) is 11.4 Å². The molecule has 1 fully saturated rings. The first-order valence-corrected chi connectivity index (χ1v) is 9.35. The van der Waals surface area contributed by atoms with Crippen LogP contribution < -0.4 is 10.1 Å². The van der Waals surface area contributed by atoms with Crippen molar-refractivity contribution in [3.63, 3.8) is 0 Å². The van der Waals surface area contributed by atoms with Crippen LogP contribution in [-0.2, 0) is 4.79 Å². The Morgan fingerprint density at radius 1 is 1.31 bits per heavy atom. The molecule has 0 saturated carbocycles. The van der Waals surface area contributed by atoms with Gasteiger partial charge in [-0.3, -0.25) is 14.3 Å². The molecular weight excluding hydrogens is 352 g/mol. The fourth-order valence-electron chi connectivity index (χ4n) is 2.76. The molecule has 3 amide bonds. The Kier molecular flexibility index (Phi) is 5.22. The van der Waals surface area contributed by atoms with Gasteiger partial charge < -0.3 is 10.1 Å². The number of hydrogen-bond acceptors (Lipinski definition) is 5. The molecule has 0 atom stereocenters. The molecule has 1 aliphatic rings. The summed E-state index contributed by atoms with van der Waals surface area (Å²) in [6.45, 7) is 3.83. The summed E-state index contributed by atoms with van der Waals surface area (Å²) in [6, 6.07) is 7.45. The Morgan fingerprint density at radius 3 is 2.81 bits per heavy atom. The number of methoxy groups -OCH3 is 1. The molecule has 0 bridgehead atoms. The van der Waals surface area contributed by atoms with Crippen molar-refractivity contribution in [1.82, 2.24) is 19.8 Å². The summed E-state index contributed by atoms with van der Waals surface area (Å²) in [6.07, 6.45) is 4.35. The zero-order valence-electron chi connectivity index (χ0n) is 15.1. The third-order valence-electron chi connectivity index (χ3n) is 4.14. The van der Waals surface area contributed by atoms with E-state index in [0.29, 0.717) is 13.0 Å². The Hall–Kier alpha value is -2.48. The van der Waals surface area contributed by atoms with E-state index in [0.717, 1.165) is 22.3 Å². The van der Waals surface area contributed by atoms with Gasteiger partial charge in [0.05, 0.1) is 12.8 Å². The monoisotopic (exact) mass is 374 g/mol. The molecule has 138 valence electrons. The van der Waals surface area contributed by atoms with Crippen LogP contribution in [0.25, 0.3) is 5.69 Å². The van der Waals surface area contributed by atoms with Crippen molar-refractivity contribution < 1.29 is 14.3 Å². The first kappa shape index (κ1) is 18.3. The van der Waals surface area contributed by atoms with Crippen LogP contribution >= 0.6 is 11.8 Å². The summed E-state index contributed by atoms with van der Waals surface area (Å²) in [5.74, 6) is 1.36. The van der Waals surface area contributed by atoms with Crippen LogP contribution in [0.2, 0.25) is 0 Å². The zero-order chi connectivity index (χ0) is 18.7. The van der Waals surface area contributed by atoms with Gasteiger partial charge in [0.15, 0.2) is 5.16 Å². The van der Waals surface area contributed by atoms with Crippen molar-refractivity contribution in [2.75, 3.05) is 19.4 Å². The number of hydrogen-bond donors (Lipinski definition) is 1. The number of aromatic nitrogens is 2. The normalized spacial score (nSPS) is 16.0. The summed E-state index contributed by atoms with van der Waals surface area (Å²) >= 11 is 1.59. The number of carbonyl (C=O) groups excluding carboxylic acids is 2. The summed E-state index contributed by atoms with van der Waals surface area (Å²) in [5, 5.41) is 3.55. The molecule has 2 heterocycles. The minimum atomic E-state index is -0.813. The molecule has 0 aliphatic carbocycles. The zero-order valence-corrected chi connectivity index (χ0v) is 15.9. The van der Waals surface area contributed by atoms with Crippen molar-refractivity contribution in [3.05, 3.63) is 36.7 Å². The number of urea groups is 1. The lowest BCUT2D eigenvalue weighted by molar-refractivity contribution is -0.130. The van der Waals surface area contributed by atoms with Crippen LogP contribution in [0.1, 0.15) is 20.3 Å². The average molecular weight is 374 g/mol. The van der Waals surface area contributed by atoms with Gasteiger partial charge >= 0.3 is 6.03 Å². The van der Waals surface area contributed by atoms with Gasteiger partial charge in [-0.1, -0.05) is 17.8 Å². The van der Waals surface area contributed by atoms with E-state index < -0.39 is 5.54 Å². The Morgan fingerprint density at radius 2 is 2.12 bits per heavy atom. The maximum Gasteiger partial charge on any atom is 0.325 e. The number of thioether (sulfide) groups is 1. The highest BCUT2D eigenvalue weighted by molar-refractivity contribution is 7.99. The molecule has 1 aliphatic heterocycles.